The molecule has 1 N–H and O–H groups in total. The number of rotatable bonds is 7. The summed E-state index contributed by atoms with van der Waals surface area (Å²) in [5.41, 5.74) is 2.87. The molecule has 2 aromatic carbocycles. The molecule has 146 valence electrons. The van der Waals surface area contributed by atoms with Crippen LogP contribution in [0.1, 0.15) is 11.1 Å². The van der Waals surface area contributed by atoms with E-state index in [4.69, 9.17) is 25.8 Å². The maximum absolute atomic E-state index is 12.1. The fraction of sp³-hybridized carbons (Fsp3) is 0.227. The SMILES string of the molecule is COc1ccc(CCNC(=O)/C=C/C2=Cc3cc(Cl)ccc3OC2)cc1OC. The third kappa shape index (κ3) is 5.08. The number of carbonyl (C=O) groups is 1. The number of methoxy groups -OCH3 is 2. The molecule has 6 heteroatoms. The lowest BCUT2D eigenvalue weighted by Crippen LogP contribution is -2.23. The first-order valence-corrected chi connectivity index (χ1v) is 9.26. The van der Waals surface area contributed by atoms with Crippen molar-refractivity contribution in [2.75, 3.05) is 27.4 Å². The number of fused-ring (bicyclic) bond motifs is 1. The Morgan fingerprint density at radius 1 is 1.18 bits per heavy atom. The van der Waals surface area contributed by atoms with Crippen LogP contribution < -0.4 is 19.5 Å². The summed E-state index contributed by atoms with van der Waals surface area (Å²) in [4.78, 5) is 12.1. The third-order valence-electron chi connectivity index (χ3n) is 4.32. The molecule has 2 aromatic rings. The fourth-order valence-corrected chi connectivity index (χ4v) is 3.05. The van der Waals surface area contributed by atoms with Gasteiger partial charge in [-0.2, -0.15) is 0 Å². The Balaban J connectivity index is 1.52. The molecule has 0 aliphatic carbocycles. The van der Waals surface area contributed by atoms with Crippen molar-refractivity contribution in [3.8, 4) is 17.2 Å². The second-order valence-electron chi connectivity index (χ2n) is 6.25. The Kier molecular flexibility index (Phi) is 6.61. The summed E-state index contributed by atoms with van der Waals surface area (Å²) in [7, 11) is 3.20. The van der Waals surface area contributed by atoms with E-state index in [1.54, 1.807) is 26.4 Å². The third-order valence-corrected chi connectivity index (χ3v) is 4.55. The largest absolute Gasteiger partial charge is 0.493 e. The number of hydrogen-bond donors (Lipinski definition) is 1. The maximum atomic E-state index is 12.1. The van der Waals surface area contributed by atoms with Crippen LogP contribution in [-0.4, -0.2) is 33.3 Å². The minimum Gasteiger partial charge on any atom is -0.493 e. The second-order valence-corrected chi connectivity index (χ2v) is 6.69. The molecule has 1 aliphatic rings. The summed E-state index contributed by atoms with van der Waals surface area (Å²) in [5.74, 6) is 2.00. The minimum absolute atomic E-state index is 0.154. The number of hydrogen-bond acceptors (Lipinski definition) is 4. The molecular weight excluding hydrogens is 378 g/mol. The van der Waals surface area contributed by atoms with E-state index in [9.17, 15) is 4.79 Å². The zero-order chi connectivity index (χ0) is 19.9. The molecule has 0 saturated carbocycles. The first-order chi connectivity index (χ1) is 13.6. The van der Waals surface area contributed by atoms with Crippen molar-refractivity contribution < 1.29 is 19.0 Å². The number of nitrogens with one attached hydrogen (secondary N) is 1. The predicted octanol–water partition coefficient (Wildman–Crippen LogP) is 4.05. The first-order valence-electron chi connectivity index (χ1n) is 8.89. The molecular formula is C22H22ClNO4. The molecule has 0 bridgehead atoms. The van der Waals surface area contributed by atoms with Crippen molar-refractivity contribution in [3.63, 3.8) is 0 Å². The van der Waals surface area contributed by atoms with E-state index in [0.29, 0.717) is 36.1 Å². The molecule has 28 heavy (non-hydrogen) atoms. The van der Waals surface area contributed by atoms with Gasteiger partial charge in [0.2, 0.25) is 5.91 Å². The Hall–Kier alpha value is -2.92. The standard InChI is InChI=1S/C22H22ClNO4/c1-26-20-6-3-15(12-21(20)27-2)9-10-24-22(25)8-4-16-11-17-13-18(23)5-7-19(17)28-14-16/h3-8,11-13H,9-10,14H2,1-2H3,(H,24,25)/b8-4+. The second kappa shape index (κ2) is 9.33. The highest BCUT2D eigenvalue weighted by atomic mass is 35.5. The Bertz CT molecular complexity index is 921. The molecule has 1 aliphatic heterocycles. The van der Waals surface area contributed by atoms with Crippen LogP contribution in [-0.2, 0) is 11.2 Å². The van der Waals surface area contributed by atoms with Gasteiger partial charge in [0.25, 0.3) is 0 Å². The fourth-order valence-electron chi connectivity index (χ4n) is 2.87. The maximum Gasteiger partial charge on any atom is 0.244 e. The Morgan fingerprint density at radius 2 is 2.00 bits per heavy atom. The van der Waals surface area contributed by atoms with Gasteiger partial charge in [-0.05, 0) is 54.0 Å². The van der Waals surface area contributed by atoms with Gasteiger partial charge in [0.15, 0.2) is 11.5 Å². The van der Waals surface area contributed by atoms with Crippen LogP contribution in [0.2, 0.25) is 5.02 Å². The van der Waals surface area contributed by atoms with Gasteiger partial charge in [-0.25, -0.2) is 0 Å². The highest BCUT2D eigenvalue weighted by molar-refractivity contribution is 6.30. The molecule has 0 radical (unpaired) electrons. The monoisotopic (exact) mass is 399 g/mol. The van der Waals surface area contributed by atoms with Crippen molar-refractivity contribution in [1.82, 2.24) is 5.32 Å². The summed E-state index contributed by atoms with van der Waals surface area (Å²) >= 11 is 6.01. The van der Waals surface area contributed by atoms with E-state index in [0.717, 1.165) is 22.4 Å². The molecule has 3 rings (SSSR count). The van der Waals surface area contributed by atoms with Gasteiger partial charge in [0.05, 0.1) is 14.2 Å². The van der Waals surface area contributed by atoms with E-state index >= 15 is 0 Å². The van der Waals surface area contributed by atoms with E-state index in [-0.39, 0.29) is 5.91 Å². The number of ether oxygens (including phenoxy) is 3. The molecule has 0 aromatic heterocycles. The average molecular weight is 400 g/mol. The van der Waals surface area contributed by atoms with E-state index in [1.807, 2.05) is 36.4 Å². The van der Waals surface area contributed by atoms with E-state index < -0.39 is 0 Å². The summed E-state index contributed by atoms with van der Waals surface area (Å²) in [6.45, 7) is 0.941. The van der Waals surface area contributed by atoms with Crippen LogP contribution >= 0.6 is 11.6 Å². The van der Waals surface area contributed by atoms with Crippen molar-refractivity contribution in [1.29, 1.82) is 0 Å². The normalized spacial score (nSPS) is 12.8. The van der Waals surface area contributed by atoms with Crippen LogP contribution in [0.3, 0.4) is 0 Å². The van der Waals surface area contributed by atoms with Crippen LogP contribution in [0.15, 0.2) is 54.1 Å². The van der Waals surface area contributed by atoms with E-state index in [2.05, 4.69) is 5.32 Å². The van der Waals surface area contributed by atoms with Crippen molar-refractivity contribution in [3.05, 3.63) is 70.3 Å². The van der Waals surface area contributed by atoms with Crippen LogP contribution in [0.5, 0.6) is 17.2 Å². The van der Waals surface area contributed by atoms with Gasteiger partial charge >= 0.3 is 0 Å². The molecule has 0 saturated heterocycles. The van der Waals surface area contributed by atoms with Gasteiger partial charge in [-0.15, -0.1) is 0 Å². The van der Waals surface area contributed by atoms with Gasteiger partial charge in [-0.3, -0.25) is 4.79 Å². The number of halogens is 1. The van der Waals surface area contributed by atoms with Crippen molar-refractivity contribution in [2.45, 2.75) is 6.42 Å². The highest BCUT2D eigenvalue weighted by Gasteiger charge is 2.10. The van der Waals surface area contributed by atoms with Crippen LogP contribution in [0.4, 0.5) is 0 Å². The zero-order valence-electron chi connectivity index (χ0n) is 15.8. The quantitative estimate of drug-likeness (QED) is 0.714. The minimum atomic E-state index is -0.154. The summed E-state index contributed by atoms with van der Waals surface area (Å²) < 4.78 is 16.2. The topological polar surface area (TPSA) is 56.8 Å². The number of amides is 1. The lowest BCUT2D eigenvalue weighted by Gasteiger charge is -2.16. The molecule has 0 fully saturated rings. The summed E-state index contributed by atoms with van der Waals surface area (Å²) in [5, 5.41) is 3.53. The molecule has 5 nitrogen and oxygen atoms in total. The Labute approximate surface area is 169 Å². The molecule has 1 heterocycles. The predicted molar refractivity (Wildman–Crippen MR) is 110 cm³/mol. The molecule has 1 amide bonds. The van der Waals surface area contributed by atoms with Crippen molar-refractivity contribution in [2.24, 2.45) is 0 Å². The molecule has 0 spiro atoms. The van der Waals surface area contributed by atoms with Gasteiger partial charge in [0, 0.05) is 23.2 Å². The summed E-state index contributed by atoms with van der Waals surface area (Å²) in [6.07, 6.45) is 5.94. The molecule has 0 atom stereocenters. The Morgan fingerprint density at radius 3 is 2.79 bits per heavy atom. The lowest BCUT2D eigenvalue weighted by atomic mass is 10.1. The summed E-state index contributed by atoms with van der Waals surface area (Å²) in [6, 6.07) is 11.2. The van der Waals surface area contributed by atoms with Gasteiger partial charge < -0.3 is 19.5 Å². The van der Waals surface area contributed by atoms with Gasteiger partial charge in [-0.1, -0.05) is 23.7 Å². The van der Waals surface area contributed by atoms with Crippen LogP contribution in [0.25, 0.3) is 6.08 Å². The van der Waals surface area contributed by atoms with Gasteiger partial charge in [0.1, 0.15) is 12.4 Å². The van der Waals surface area contributed by atoms with E-state index in [1.165, 1.54) is 6.08 Å². The van der Waals surface area contributed by atoms with Crippen molar-refractivity contribution >= 4 is 23.6 Å². The average Bonchev–Trinajstić information content (AvgIpc) is 2.71. The molecule has 0 unspecified atom stereocenters. The van der Waals surface area contributed by atoms with Crippen LogP contribution in [0, 0.1) is 0 Å². The highest BCUT2D eigenvalue weighted by Crippen LogP contribution is 2.29. The lowest BCUT2D eigenvalue weighted by molar-refractivity contribution is -0.116. The first kappa shape index (κ1) is 19.8. The number of carbonyl (C=O) groups excluding carboxylic acids is 1. The number of benzene rings is 2. The zero-order valence-corrected chi connectivity index (χ0v) is 16.6. The smallest absolute Gasteiger partial charge is 0.244 e.